The highest BCUT2D eigenvalue weighted by molar-refractivity contribution is 5.91. The summed E-state index contributed by atoms with van der Waals surface area (Å²) in [5.41, 5.74) is 7.07. The molecule has 0 bridgehead atoms. The van der Waals surface area contributed by atoms with Gasteiger partial charge in [-0.3, -0.25) is 9.78 Å². The summed E-state index contributed by atoms with van der Waals surface area (Å²) >= 11 is 0. The topological polar surface area (TPSA) is 72.3 Å². The lowest BCUT2D eigenvalue weighted by Crippen LogP contribution is -2.19. The van der Waals surface area contributed by atoms with Crippen molar-refractivity contribution in [3.8, 4) is 39.3 Å². The van der Waals surface area contributed by atoms with E-state index in [0.717, 1.165) is 50.3 Å². The van der Waals surface area contributed by atoms with E-state index in [4.69, 9.17) is 9.84 Å². The first kappa shape index (κ1) is 20.9. The van der Waals surface area contributed by atoms with Gasteiger partial charge in [-0.05, 0) is 60.5 Å². The van der Waals surface area contributed by atoms with Crippen LogP contribution in [-0.2, 0) is 0 Å². The Labute approximate surface area is 201 Å². The zero-order chi connectivity index (χ0) is 23.9. The molecule has 0 fully saturated rings. The largest absolute Gasteiger partial charge is 0.497 e. The zero-order valence-electron chi connectivity index (χ0n) is 19.3. The summed E-state index contributed by atoms with van der Waals surface area (Å²) in [5.74, 6) is 0.763. The third-order valence-corrected chi connectivity index (χ3v) is 6.29. The van der Waals surface area contributed by atoms with Crippen LogP contribution in [0.1, 0.15) is 5.69 Å². The Bertz CT molecular complexity index is 1750. The molecule has 0 saturated heterocycles. The summed E-state index contributed by atoms with van der Waals surface area (Å²) in [6, 6.07) is 27.5. The second-order valence-corrected chi connectivity index (χ2v) is 8.42. The lowest BCUT2D eigenvalue weighted by Gasteiger charge is -2.09. The van der Waals surface area contributed by atoms with Gasteiger partial charge in [0, 0.05) is 22.8 Å². The lowest BCUT2D eigenvalue weighted by molar-refractivity contribution is 0.415. The third kappa shape index (κ3) is 3.47. The number of aromatic nitrogens is 4. The van der Waals surface area contributed by atoms with E-state index < -0.39 is 0 Å². The molecule has 6 aromatic rings. The molecule has 35 heavy (non-hydrogen) atoms. The average Bonchev–Trinajstić information content (AvgIpc) is 3.28. The molecule has 0 amide bonds. The highest BCUT2D eigenvalue weighted by atomic mass is 16.5. The van der Waals surface area contributed by atoms with Gasteiger partial charge in [-0.2, -0.15) is 9.61 Å². The minimum absolute atomic E-state index is 0.170. The van der Waals surface area contributed by atoms with Crippen molar-refractivity contribution in [2.75, 3.05) is 7.11 Å². The van der Waals surface area contributed by atoms with Crippen LogP contribution in [0.3, 0.4) is 0 Å². The van der Waals surface area contributed by atoms with Gasteiger partial charge in [0.1, 0.15) is 17.1 Å². The summed E-state index contributed by atoms with van der Waals surface area (Å²) < 4.78 is 6.81. The van der Waals surface area contributed by atoms with Crippen molar-refractivity contribution < 1.29 is 4.74 Å². The van der Waals surface area contributed by atoms with Crippen molar-refractivity contribution in [2.45, 2.75) is 6.92 Å². The highest BCUT2D eigenvalue weighted by Gasteiger charge is 2.21. The maximum absolute atomic E-state index is 13.9. The predicted molar refractivity (Wildman–Crippen MR) is 139 cm³/mol. The molecule has 3 aromatic heterocycles. The van der Waals surface area contributed by atoms with Gasteiger partial charge >= 0.3 is 0 Å². The molecule has 0 atom stereocenters. The van der Waals surface area contributed by atoms with Gasteiger partial charge in [0.2, 0.25) is 0 Å². The highest BCUT2D eigenvalue weighted by Crippen LogP contribution is 2.35. The smallest absolute Gasteiger partial charge is 0.282 e. The van der Waals surface area contributed by atoms with Crippen molar-refractivity contribution >= 4 is 16.6 Å². The first-order valence-corrected chi connectivity index (χ1v) is 11.3. The fourth-order valence-electron chi connectivity index (χ4n) is 4.59. The number of nitrogens with one attached hydrogen (secondary N) is 1. The SMILES string of the molecule is COc1ccc(-c2nn3c(=O)c(-c4ccc5ncccc5c4)c(C)[nH]c3c2-c2ccccc2)cc1. The molecule has 0 unspecified atom stereocenters. The summed E-state index contributed by atoms with van der Waals surface area (Å²) in [6.07, 6.45) is 1.77. The standard InChI is InChI=1S/C29H22N4O2/c1-18-25(22-12-15-24-21(17-22)9-6-16-30-24)29(34)33-28(31-18)26(19-7-4-3-5-8-19)27(32-33)20-10-13-23(35-2)14-11-20/h3-17,31H,1-2H3. The van der Waals surface area contributed by atoms with E-state index in [2.05, 4.69) is 9.97 Å². The molecule has 6 heteroatoms. The number of fused-ring (bicyclic) bond motifs is 2. The number of aromatic amines is 1. The molecule has 0 radical (unpaired) electrons. The number of nitrogens with zero attached hydrogens (tertiary/aromatic N) is 3. The monoisotopic (exact) mass is 458 g/mol. The molecule has 170 valence electrons. The molecule has 0 saturated carbocycles. The van der Waals surface area contributed by atoms with Crippen LogP contribution in [0.25, 0.3) is 50.1 Å². The summed E-state index contributed by atoms with van der Waals surface area (Å²) in [6.45, 7) is 1.93. The molecule has 6 nitrogen and oxygen atoms in total. The van der Waals surface area contributed by atoms with Crippen LogP contribution >= 0.6 is 0 Å². The van der Waals surface area contributed by atoms with Crippen LogP contribution in [0.15, 0.2) is 95.9 Å². The minimum Gasteiger partial charge on any atom is -0.497 e. The number of benzene rings is 3. The quantitative estimate of drug-likeness (QED) is 0.358. The van der Waals surface area contributed by atoms with Gasteiger partial charge in [-0.1, -0.05) is 42.5 Å². The fraction of sp³-hybridized carbons (Fsp3) is 0.0690. The van der Waals surface area contributed by atoms with Gasteiger partial charge in [0.05, 0.1) is 23.8 Å². The van der Waals surface area contributed by atoms with Crippen LogP contribution in [0, 0.1) is 6.92 Å². The van der Waals surface area contributed by atoms with E-state index in [0.29, 0.717) is 11.2 Å². The van der Waals surface area contributed by atoms with Crippen molar-refractivity contribution in [3.63, 3.8) is 0 Å². The molecule has 0 aliphatic carbocycles. The van der Waals surface area contributed by atoms with E-state index in [1.807, 2.05) is 91.9 Å². The molecule has 1 N–H and O–H groups in total. The Kier molecular flexibility index (Phi) is 4.92. The molecule has 3 aromatic carbocycles. The maximum atomic E-state index is 13.9. The second kappa shape index (κ2) is 8.25. The van der Waals surface area contributed by atoms with E-state index in [9.17, 15) is 4.79 Å². The average molecular weight is 459 g/mol. The Morgan fingerprint density at radius 2 is 1.60 bits per heavy atom. The normalized spacial score (nSPS) is 11.3. The lowest BCUT2D eigenvalue weighted by atomic mass is 10.0. The van der Waals surface area contributed by atoms with E-state index in [-0.39, 0.29) is 5.56 Å². The number of H-pyrrole nitrogens is 1. The van der Waals surface area contributed by atoms with Crippen LogP contribution in [-0.4, -0.2) is 26.7 Å². The number of pyridine rings is 1. The summed E-state index contributed by atoms with van der Waals surface area (Å²) in [4.78, 5) is 21.7. The number of hydrogen-bond acceptors (Lipinski definition) is 4. The van der Waals surface area contributed by atoms with Gasteiger partial charge in [0.15, 0.2) is 0 Å². The van der Waals surface area contributed by atoms with Crippen LogP contribution in [0.4, 0.5) is 0 Å². The Morgan fingerprint density at radius 3 is 2.37 bits per heavy atom. The van der Waals surface area contributed by atoms with Gasteiger partial charge in [0.25, 0.3) is 5.56 Å². The summed E-state index contributed by atoms with van der Waals surface area (Å²) in [5, 5.41) is 5.80. The van der Waals surface area contributed by atoms with Crippen LogP contribution in [0.5, 0.6) is 5.75 Å². The molecule has 3 heterocycles. The van der Waals surface area contributed by atoms with Gasteiger partial charge in [-0.25, -0.2) is 0 Å². The maximum Gasteiger partial charge on any atom is 0.282 e. The first-order chi connectivity index (χ1) is 17.1. The fourth-order valence-corrected chi connectivity index (χ4v) is 4.59. The minimum atomic E-state index is -0.170. The van der Waals surface area contributed by atoms with Crippen LogP contribution < -0.4 is 10.3 Å². The predicted octanol–water partition coefficient (Wildman–Crippen LogP) is 5.89. The Hall–Kier alpha value is -4.71. The number of hydrogen-bond donors (Lipinski definition) is 1. The van der Waals surface area contributed by atoms with Gasteiger partial charge < -0.3 is 9.72 Å². The first-order valence-electron chi connectivity index (χ1n) is 11.3. The number of methoxy groups -OCH3 is 1. The van der Waals surface area contributed by atoms with E-state index >= 15 is 0 Å². The van der Waals surface area contributed by atoms with E-state index in [1.165, 1.54) is 4.52 Å². The van der Waals surface area contributed by atoms with Crippen LogP contribution in [0.2, 0.25) is 0 Å². The van der Waals surface area contributed by atoms with Gasteiger partial charge in [-0.15, -0.1) is 0 Å². The second-order valence-electron chi connectivity index (χ2n) is 8.42. The zero-order valence-corrected chi connectivity index (χ0v) is 19.3. The van der Waals surface area contributed by atoms with E-state index in [1.54, 1.807) is 13.3 Å². The molecule has 6 rings (SSSR count). The molecule has 0 spiro atoms. The number of aryl methyl sites for hydroxylation is 1. The third-order valence-electron chi connectivity index (χ3n) is 6.29. The van der Waals surface area contributed by atoms with Crippen molar-refractivity contribution in [2.24, 2.45) is 0 Å². The summed E-state index contributed by atoms with van der Waals surface area (Å²) in [7, 11) is 1.64. The molecule has 0 aliphatic heterocycles. The molecular weight excluding hydrogens is 436 g/mol. The Morgan fingerprint density at radius 1 is 0.829 bits per heavy atom. The van der Waals surface area contributed by atoms with Crippen molar-refractivity contribution in [1.82, 2.24) is 19.6 Å². The molecular formula is C29H22N4O2. The Balaban J connectivity index is 1.63. The van der Waals surface area contributed by atoms with Crippen molar-refractivity contribution in [1.29, 1.82) is 0 Å². The molecule has 0 aliphatic rings. The number of rotatable bonds is 4. The number of ether oxygens (including phenoxy) is 1. The van der Waals surface area contributed by atoms with Crippen molar-refractivity contribution in [3.05, 3.63) is 107 Å².